The van der Waals surface area contributed by atoms with Crippen LogP contribution in [0.4, 0.5) is 5.82 Å². The third-order valence-electron chi connectivity index (χ3n) is 2.90. The van der Waals surface area contributed by atoms with Crippen molar-refractivity contribution in [3.63, 3.8) is 0 Å². The van der Waals surface area contributed by atoms with Crippen LogP contribution in [0.15, 0.2) is 30.3 Å². The predicted molar refractivity (Wildman–Crippen MR) is 83.3 cm³/mol. The summed E-state index contributed by atoms with van der Waals surface area (Å²) in [4.78, 5) is 8.84. The van der Waals surface area contributed by atoms with Crippen LogP contribution in [0.1, 0.15) is 26.1 Å². The SMILES string of the molecule is CCCNc1cc(Oc2ccccc2OC)nc(CC)n1. The number of hydrogen-bond donors (Lipinski definition) is 1. The van der Waals surface area contributed by atoms with Gasteiger partial charge in [-0.1, -0.05) is 26.0 Å². The molecule has 1 aromatic carbocycles. The van der Waals surface area contributed by atoms with Crippen molar-refractivity contribution in [2.24, 2.45) is 0 Å². The molecule has 0 radical (unpaired) electrons. The number of methoxy groups -OCH3 is 1. The average Bonchev–Trinajstić information content (AvgIpc) is 2.53. The Morgan fingerprint density at radius 1 is 1.10 bits per heavy atom. The maximum Gasteiger partial charge on any atom is 0.224 e. The first-order chi connectivity index (χ1) is 10.3. The molecule has 5 heteroatoms. The zero-order valence-electron chi connectivity index (χ0n) is 12.7. The summed E-state index contributed by atoms with van der Waals surface area (Å²) in [6, 6.07) is 9.31. The lowest BCUT2D eigenvalue weighted by Crippen LogP contribution is -2.05. The van der Waals surface area contributed by atoms with E-state index in [-0.39, 0.29) is 0 Å². The number of ether oxygens (including phenoxy) is 2. The number of anilines is 1. The van der Waals surface area contributed by atoms with Crippen LogP contribution in [0.5, 0.6) is 17.4 Å². The Balaban J connectivity index is 2.25. The van der Waals surface area contributed by atoms with Crippen LogP contribution < -0.4 is 14.8 Å². The van der Waals surface area contributed by atoms with E-state index in [9.17, 15) is 0 Å². The summed E-state index contributed by atoms with van der Waals surface area (Å²) >= 11 is 0. The molecule has 112 valence electrons. The molecular formula is C16H21N3O2. The van der Waals surface area contributed by atoms with Crippen molar-refractivity contribution in [3.8, 4) is 17.4 Å². The predicted octanol–water partition coefficient (Wildman–Crippen LogP) is 3.66. The van der Waals surface area contributed by atoms with Gasteiger partial charge in [-0.15, -0.1) is 0 Å². The number of nitrogens with one attached hydrogen (secondary N) is 1. The van der Waals surface area contributed by atoms with Gasteiger partial charge in [0.2, 0.25) is 5.88 Å². The Morgan fingerprint density at radius 3 is 2.52 bits per heavy atom. The van der Waals surface area contributed by atoms with Gasteiger partial charge in [-0.25, -0.2) is 4.98 Å². The standard InChI is InChI=1S/C16H21N3O2/c1-4-10-17-15-11-16(19-14(5-2)18-15)21-13-9-7-6-8-12(13)20-3/h6-9,11H,4-5,10H2,1-3H3,(H,17,18,19). The third-order valence-corrected chi connectivity index (χ3v) is 2.90. The van der Waals surface area contributed by atoms with E-state index in [1.54, 1.807) is 13.2 Å². The summed E-state index contributed by atoms with van der Waals surface area (Å²) in [5.74, 6) is 3.37. The molecule has 0 spiro atoms. The summed E-state index contributed by atoms with van der Waals surface area (Å²) in [5, 5.41) is 3.26. The molecule has 0 saturated carbocycles. The smallest absolute Gasteiger partial charge is 0.224 e. The van der Waals surface area contributed by atoms with E-state index in [1.807, 2.05) is 31.2 Å². The minimum absolute atomic E-state index is 0.518. The lowest BCUT2D eigenvalue weighted by Gasteiger charge is -2.11. The molecule has 21 heavy (non-hydrogen) atoms. The molecule has 5 nitrogen and oxygen atoms in total. The van der Waals surface area contributed by atoms with Crippen molar-refractivity contribution in [1.82, 2.24) is 9.97 Å². The van der Waals surface area contributed by atoms with E-state index >= 15 is 0 Å². The van der Waals surface area contributed by atoms with Crippen molar-refractivity contribution in [2.45, 2.75) is 26.7 Å². The number of aromatic nitrogens is 2. The Hall–Kier alpha value is -2.30. The number of nitrogens with zero attached hydrogens (tertiary/aromatic N) is 2. The van der Waals surface area contributed by atoms with E-state index < -0.39 is 0 Å². The molecule has 0 saturated heterocycles. The molecule has 0 aliphatic heterocycles. The Kier molecular flexibility index (Phi) is 5.37. The first kappa shape index (κ1) is 15.1. The molecule has 0 aliphatic rings. The van der Waals surface area contributed by atoms with E-state index in [1.165, 1.54) is 0 Å². The van der Waals surface area contributed by atoms with E-state index in [0.717, 1.165) is 31.0 Å². The zero-order valence-corrected chi connectivity index (χ0v) is 12.7. The second kappa shape index (κ2) is 7.47. The fourth-order valence-electron chi connectivity index (χ4n) is 1.84. The summed E-state index contributed by atoms with van der Waals surface area (Å²) in [7, 11) is 1.62. The molecule has 0 aliphatic carbocycles. The number of rotatable bonds is 7. The third kappa shape index (κ3) is 4.08. The molecule has 0 atom stereocenters. The molecule has 0 unspecified atom stereocenters. The van der Waals surface area contributed by atoms with E-state index in [4.69, 9.17) is 9.47 Å². The second-order valence-corrected chi connectivity index (χ2v) is 4.54. The van der Waals surface area contributed by atoms with Gasteiger partial charge >= 0.3 is 0 Å². The van der Waals surface area contributed by atoms with E-state index in [0.29, 0.717) is 17.4 Å². The maximum absolute atomic E-state index is 5.85. The van der Waals surface area contributed by atoms with Gasteiger partial charge in [-0.2, -0.15) is 4.98 Å². The Labute approximate surface area is 125 Å². The van der Waals surface area contributed by atoms with Crippen molar-refractivity contribution in [2.75, 3.05) is 19.0 Å². The van der Waals surface area contributed by atoms with Gasteiger partial charge in [-0.3, -0.25) is 0 Å². The number of hydrogen-bond acceptors (Lipinski definition) is 5. The second-order valence-electron chi connectivity index (χ2n) is 4.54. The Morgan fingerprint density at radius 2 is 1.86 bits per heavy atom. The summed E-state index contributed by atoms with van der Waals surface area (Å²) < 4.78 is 11.1. The molecule has 1 heterocycles. The van der Waals surface area contributed by atoms with E-state index in [2.05, 4.69) is 22.2 Å². The van der Waals surface area contributed by atoms with Gasteiger partial charge in [0.1, 0.15) is 11.6 Å². The molecule has 0 fully saturated rings. The highest BCUT2D eigenvalue weighted by Gasteiger charge is 2.08. The zero-order chi connectivity index (χ0) is 15.1. The monoisotopic (exact) mass is 287 g/mol. The van der Waals surface area contributed by atoms with Crippen molar-refractivity contribution >= 4 is 5.82 Å². The fourth-order valence-corrected chi connectivity index (χ4v) is 1.84. The van der Waals surface area contributed by atoms with Crippen molar-refractivity contribution in [3.05, 3.63) is 36.2 Å². The highest BCUT2D eigenvalue weighted by Crippen LogP contribution is 2.30. The maximum atomic E-state index is 5.85. The summed E-state index contributed by atoms with van der Waals surface area (Å²) in [6.07, 6.45) is 1.79. The van der Waals surface area contributed by atoms with Crippen LogP contribution in [-0.4, -0.2) is 23.6 Å². The minimum Gasteiger partial charge on any atom is -0.493 e. The molecule has 0 amide bonds. The lowest BCUT2D eigenvalue weighted by molar-refractivity contribution is 0.373. The molecule has 1 aromatic heterocycles. The molecular weight excluding hydrogens is 266 g/mol. The van der Waals surface area contributed by atoms with Crippen molar-refractivity contribution < 1.29 is 9.47 Å². The van der Waals surface area contributed by atoms with Crippen molar-refractivity contribution in [1.29, 1.82) is 0 Å². The van der Waals surface area contributed by atoms with Crippen LogP contribution in [0.3, 0.4) is 0 Å². The fraction of sp³-hybridized carbons (Fsp3) is 0.375. The number of aryl methyl sites for hydroxylation is 1. The average molecular weight is 287 g/mol. The van der Waals surface area contributed by atoms with Gasteiger partial charge in [0, 0.05) is 19.0 Å². The molecule has 2 rings (SSSR count). The topological polar surface area (TPSA) is 56.3 Å². The van der Waals surface area contributed by atoms with Crippen LogP contribution >= 0.6 is 0 Å². The number of benzene rings is 1. The van der Waals surface area contributed by atoms with Gasteiger partial charge in [-0.05, 0) is 18.6 Å². The lowest BCUT2D eigenvalue weighted by atomic mass is 10.3. The van der Waals surface area contributed by atoms with Crippen LogP contribution in [-0.2, 0) is 6.42 Å². The Bertz CT molecular complexity index is 587. The van der Waals surface area contributed by atoms with Gasteiger partial charge in [0.05, 0.1) is 7.11 Å². The molecule has 1 N–H and O–H groups in total. The quantitative estimate of drug-likeness (QED) is 0.842. The largest absolute Gasteiger partial charge is 0.493 e. The minimum atomic E-state index is 0.518. The van der Waals surface area contributed by atoms with Crippen LogP contribution in [0, 0.1) is 0 Å². The van der Waals surface area contributed by atoms with Gasteiger partial charge in [0.25, 0.3) is 0 Å². The van der Waals surface area contributed by atoms with Gasteiger partial charge in [0.15, 0.2) is 11.5 Å². The summed E-state index contributed by atoms with van der Waals surface area (Å²) in [5.41, 5.74) is 0. The highest BCUT2D eigenvalue weighted by atomic mass is 16.5. The summed E-state index contributed by atoms with van der Waals surface area (Å²) in [6.45, 7) is 5.00. The van der Waals surface area contributed by atoms with Crippen LogP contribution in [0.2, 0.25) is 0 Å². The first-order valence-electron chi connectivity index (χ1n) is 7.19. The number of para-hydroxylation sites is 2. The van der Waals surface area contributed by atoms with Gasteiger partial charge < -0.3 is 14.8 Å². The molecule has 0 bridgehead atoms. The highest BCUT2D eigenvalue weighted by molar-refractivity contribution is 5.44. The van der Waals surface area contributed by atoms with Crippen LogP contribution in [0.25, 0.3) is 0 Å². The first-order valence-corrected chi connectivity index (χ1v) is 7.19. The molecule has 2 aromatic rings. The normalized spacial score (nSPS) is 10.2.